The van der Waals surface area contributed by atoms with Crippen molar-refractivity contribution >= 4 is 17.4 Å². The fourth-order valence-corrected chi connectivity index (χ4v) is 1.86. The number of ketones is 1. The highest BCUT2D eigenvalue weighted by atomic mass is 16.5. The van der Waals surface area contributed by atoms with Crippen molar-refractivity contribution in [2.24, 2.45) is 5.92 Å². The molecule has 1 aromatic rings. The summed E-state index contributed by atoms with van der Waals surface area (Å²) in [7, 11) is 0. The zero-order chi connectivity index (χ0) is 13.3. The zero-order valence-electron chi connectivity index (χ0n) is 10.8. The Morgan fingerprint density at radius 3 is 2.72 bits per heavy atom. The maximum Gasteiger partial charge on any atom is 0.268 e. The Hall–Kier alpha value is -1.84. The molecule has 1 amide bonds. The molecule has 0 radical (unpaired) electrons. The largest absolute Gasteiger partial charge is 0.479 e. The van der Waals surface area contributed by atoms with Gasteiger partial charge in [0, 0.05) is 5.92 Å². The third-order valence-electron chi connectivity index (χ3n) is 3.03. The number of benzene rings is 1. The molecule has 0 fully saturated rings. The van der Waals surface area contributed by atoms with Crippen molar-refractivity contribution in [3.8, 4) is 5.75 Å². The van der Waals surface area contributed by atoms with Gasteiger partial charge in [-0.2, -0.15) is 0 Å². The Balaban J connectivity index is 2.33. The summed E-state index contributed by atoms with van der Waals surface area (Å²) in [6, 6.07) is 7.29. The maximum atomic E-state index is 12.1. The number of nitrogens with zero attached hydrogens (tertiary/aromatic N) is 1. The molecule has 2 rings (SSSR count). The van der Waals surface area contributed by atoms with Crippen LogP contribution in [0, 0.1) is 5.92 Å². The maximum absolute atomic E-state index is 12.1. The Morgan fingerprint density at radius 2 is 2.06 bits per heavy atom. The van der Waals surface area contributed by atoms with Crippen LogP contribution in [-0.2, 0) is 9.59 Å². The SMILES string of the molecule is CC(C)C(=O)CN1C(=O)C(C)Oc2ccccc21. The van der Waals surface area contributed by atoms with Crippen molar-refractivity contribution in [2.75, 3.05) is 11.4 Å². The van der Waals surface area contributed by atoms with E-state index in [0.29, 0.717) is 11.4 Å². The van der Waals surface area contributed by atoms with Crippen LogP contribution in [0.1, 0.15) is 20.8 Å². The van der Waals surface area contributed by atoms with E-state index in [1.54, 1.807) is 13.0 Å². The molecule has 1 atom stereocenters. The summed E-state index contributed by atoms with van der Waals surface area (Å²) >= 11 is 0. The van der Waals surface area contributed by atoms with Gasteiger partial charge in [0.05, 0.1) is 12.2 Å². The number of ether oxygens (including phenoxy) is 1. The zero-order valence-corrected chi connectivity index (χ0v) is 10.8. The molecule has 18 heavy (non-hydrogen) atoms. The smallest absolute Gasteiger partial charge is 0.268 e. The highest BCUT2D eigenvalue weighted by Gasteiger charge is 2.32. The van der Waals surface area contributed by atoms with Crippen LogP contribution in [-0.4, -0.2) is 24.3 Å². The first kappa shape index (κ1) is 12.6. The average Bonchev–Trinajstić information content (AvgIpc) is 2.34. The molecule has 1 aromatic carbocycles. The van der Waals surface area contributed by atoms with Crippen molar-refractivity contribution in [1.29, 1.82) is 0 Å². The first-order valence-corrected chi connectivity index (χ1v) is 6.10. The Bertz CT molecular complexity index is 482. The van der Waals surface area contributed by atoms with Gasteiger partial charge in [0.25, 0.3) is 5.91 Å². The Kier molecular flexibility index (Phi) is 3.36. The predicted molar refractivity (Wildman–Crippen MR) is 68.7 cm³/mol. The minimum atomic E-state index is -0.542. The first-order valence-electron chi connectivity index (χ1n) is 6.10. The quantitative estimate of drug-likeness (QED) is 0.821. The van der Waals surface area contributed by atoms with Crippen LogP contribution in [0.15, 0.2) is 24.3 Å². The van der Waals surface area contributed by atoms with E-state index in [2.05, 4.69) is 0 Å². The molecule has 0 spiro atoms. The molecule has 0 saturated heterocycles. The number of para-hydroxylation sites is 2. The lowest BCUT2D eigenvalue weighted by atomic mass is 10.1. The van der Waals surface area contributed by atoms with Gasteiger partial charge in [-0.3, -0.25) is 14.5 Å². The van der Waals surface area contributed by atoms with Crippen LogP contribution >= 0.6 is 0 Å². The van der Waals surface area contributed by atoms with Crippen LogP contribution in [0.25, 0.3) is 0 Å². The van der Waals surface area contributed by atoms with Crippen molar-refractivity contribution in [3.05, 3.63) is 24.3 Å². The number of hydrogen-bond acceptors (Lipinski definition) is 3. The topological polar surface area (TPSA) is 46.6 Å². The molecule has 1 aliphatic heterocycles. The lowest BCUT2D eigenvalue weighted by Gasteiger charge is -2.32. The fourth-order valence-electron chi connectivity index (χ4n) is 1.86. The number of anilines is 1. The third-order valence-corrected chi connectivity index (χ3v) is 3.03. The van der Waals surface area contributed by atoms with E-state index in [-0.39, 0.29) is 24.2 Å². The molecule has 1 aliphatic rings. The van der Waals surface area contributed by atoms with Crippen LogP contribution < -0.4 is 9.64 Å². The minimum Gasteiger partial charge on any atom is -0.479 e. The number of carbonyl (C=O) groups is 2. The summed E-state index contributed by atoms with van der Waals surface area (Å²) in [4.78, 5) is 25.5. The van der Waals surface area contributed by atoms with E-state index in [1.807, 2.05) is 32.0 Å². The summed E-state index contributed by atoms with van der Waals surface area (Å²) < 4.78 is 5.51. The number of rotatable bonds is 3. The predicted octanol–water partition coefficient (Wildman–Crippen LogP) is 2.03. The lowest BCUT2D eigenvalue weighted by Crippen LogP contribution is -2.47. The highest BCUT2D eigenvalue weighted by Crippen LogP contribution is 2.33. The van der Waals surface area contributed by atoms with Crippen LogP contribution in [0.5, 0.6) is 5.75 Å². The molecular weight excluding hydrogens is 230 g/mol. The monoisotopic (exact) mass is 247 g/mol. The second-order valence-corrected chi connectivity index (χ2v) is 4.77. The van der Waals surface area contributed by atoms with Crippen molar-refractivity contribution < 1.29 is 14.3 Å². The molecule has 1 unspecified atom stereocenters. The van der Waals surface area contributed by atoms with Crippen LogP contribution in [0.4, 0.5) is 5.69 Å². The molecule has 0 saturated carbocycles. The standard InChI is InChI=1S/C14H17NO3/c1-9(2)12(16)8-15-11-6-4-5-7-13(11)18-10(3)14(15)17/h4-7,9-10H,8H2,1-3H3. The summed E-state index contributed by atoms with van der Waals surface area (Å²) in [5, 5.41) is 0. The van der Waals surface area contributed by atoms with E-state index in [9.17, 15) is 9.59 Å². The van der Waals surface area contributed by atoms with Crippen molar-refractivity contribution in [1.82, 2.24) is 0 Å². The van der Waals surface area contributed by atoms with E-state index >= 15 is 0 Å². The third kappa shape index (κ3) is 2.23. The molecule has 0 N–H and O–H groups in total. The van der Waals surface area contributed by atoms with Crippen molar-refractivity contribution in [2.45, 2.75) is 26.9 Å². The van der Waals surface area contributed by atoms with Gasteiger partial charge in [-0.1, -0.05) is 26.0 Å². The van der Waals surface area contributed by atoms with Gasteiger partial charge in [0.1, 0.15) is 5.75 Å². The Labute approximate surface area is 107 Å². The number of carbonyl (C=O) groups excluding carboxylic acids is 2. The number of amides is 1. The van der Waals surface area contributed by atoms with Gasteiger partial charge in [-0.25, -0.2) is 0 Å². The summed E-state index contributed by atoms with van der Waals surface area (Å²) in [6.45, 7) is 5.48. The minimum absolute atomic E-state index is 0.0484. The van der Waals surface area contributed by atoms with Gasteiger partial charge in [0.15, 0.2) is 11.9 Å². The number of fused-ring (bicyclic) bond motifs is 1. The van der Waals surface area contributed by atoms with Gasteiger partial charge in [-0.15, -0.1) is 0 Å². The van der Waals surface area contributed by atoms with Gasteiger partial charge in [-0.05, 0) is 19.1 Å². The average molecular weight is 247 g/mol. The van der Waals surface area contributed by atoms with Crippen LogP contribution in [0.3, 0.4) is 0 Å². The van der Waals surface area contributed by atoms with Gasteiger partial charge in [0.2, 0.25) is 0 Å². The molecule has 0 aliphatic carbocycles. The van der Waals surface area contributed by atoms with E-state index in [0.717, 1.165) is 0 Å². The molecule has 4 nitrogen and oxygen atoms in total. The molecule has 0 bridgehead atoms. The van der Waals surface area contributed by atoms with Gasteiger partial charge >= 0.3 is 0 Å². The fraction of sp³-hybridized carbons (Fsp3) is 0.429. The second-order valence-electron chi connectivity index (χ2n) is 4.77. The molecule has 96 valence electrons. The van der Waals surface area contributed by atoms with Crippen molar-refractivity contribution in [3.63, 3.8) is 0 Å². The van der Waals surface area contributed by atoms with E-state index < -0.39 is 6.10 Å². The van der Waals surface area contributed by atoms with E-state index in [4.69, 9.17) is 4.74 Å². The van der Waals surface area contributed by atoms with Gasteiger partial charge < -0.3 is 4.74 Å². The second kappa shape index (κ2) is 4.80. The summed E-state index contributed by atoms with van der Waals surface area (Å²) in [6.07, 6.45) is -0.542. The molecule has 1 heterocycles. The van der Waals surface area contributed by atoms with E-state index in [1.165, 1.54) is 4.90 Å². The summed E-state index contributed by atoms with van der Waals surface area (Å²) in [5.41, 5.74) is 0.676. The highest BCUT2D eigenvalue weighted by molar-refractivity contribution is 6.04. The lowest BCUT2D eigenvalue weighted by molar-refractivity contribution is -0.128. The summed E-state index contributed by atoms with van der Waals surface area (Å²) in [5.74, 6) is 0.458. The number of hydrogen-bond donors (Lipinski definition) is 0. The molecule has 4 heteroatoms. The normalized spacial score (nSPS) is 18.6. The first-order chi connectivity index (χ1) is 8.50. The van der Waals surface area contributed by atoms with Crippen LogP contribution in [0.2, 0.25) is 0 Å². The Morgan fingerprint density at radius 1 is 1.39 bits per heavy atom. The molecular formula is C14H17NO3. The number of Topliss-reactive ketones (excluding diaryl/α,β-unsaturated/α-hetero) is 1. The molecule has 0 aromatic heterocycles.